The quantitative estimate of drug-likeness (QED) is 0.645. The van der Waals surface area contributed by atoms with Gasteiger partial charge in [0.25, 0.3) is 0 Å². The number of hydrogen-bond donors (Lipinski definition) is 0. The standard InChI is InChI=1S/C9H13NO/c1-7-4-9(6-10-5-7)8(2)11-3/h4-6,8H,1-3H3. The van der Waals surface area contributed by atoms with Crippen LogP contribution < -0.4 is 0 Å². The fourth-order valence-electron chi connectivity index (χ4n) is 0.937. The minimum absolute atomic E-state index is 0.141. The third-order valence-electron chi connectivity index (χ3n) is 1.72. The monoisotopic (exact) mass is 151 g/mol. The van der Waals surface area contributed by atoms with E-state index in [0.717, 1.165) is 5.56 Å². The first kappa shape index (κ1) is 8.21. The average Bonchev–Trinajstić information content (AvgIpc) is 2.03. The molecule has 0 fully saturated rings. The molecule has 0 N–H and O–H groups in total. The highest BCUT2D eigenvalue weighted by Crippen LogP contribution is 2.14. The largest absolute Gasteiger partial charge is 0.377 e. The number of aryl methyl sites for hydroxylation is 1. The van der Waals surface area contributed by atoms with Crippen LogP contribution in [0.4, 0.5) is 0 Å². The number of rotatable bonds is 2. The van der Waals surface area contributed by atoms with Gasteiger partial charge in [-0.05, 0) is 25.0 Å². The van der Waals surface area contributed by atoms with Crippen molar-refractivity contribution in [3.63, 3.8) is 0 Å². The summed E-state index contributed by atoms with van der Waals surface area (Å²) in [5.74, 6) is 0. The third kappa shape index (κ3) is 2.02. The lowest BCUT2D eigenvalue weighted by atomic mass is 10.1. The Hall–Kier alpha value is -0.890. The van der Waals surface area contributed by atoms with Crippen molar-refractivity contribution in [2.45, 2.75) is 20.0 Å². The van der Waals surface area contributed by atoms with Gasteiger partial charge in [0.2, 0.25) is 0 Å². The highest BCUT2D eigenvalue weighted by Gasteiger charge is 2.02. The number of nitrogens with zero attached hydrogens (tertiary/aromatic N) is 1. The number of aromatic nitrogens is 1. The second-order valence-corrected chi connectivity index (χ2v) is 2.67. The van der Waals surface area contributed by atoms with Crippen LogP contribution in [0.3, 0.4) is 0 Å². The van der Waals surface area contributed by atoms with Crippen LogP contribution in [0.15, 0.2) is 18.5 Å². The summed E-state index contributed by atoms with van der Waals surface area (Å²) in [6.07, 6.45) is 3.81. The summed E-state index contributed by atoms with van der Waals surface area (Å²) in [4.78, 5) is 4.07. The summed E-state index contributed by atoms with van der Waals surface area (Å²) in [6.45, 7) is 4.04. The van der Waals surface area contributed by atoms with E-state index in [1.54, 1.807) is 7.11 Å². The fraction of sp³-hybridized carbons (Fsp3) is 0.444. The van der Waals surface area contributed by atoms with E-state index < -0.39 is 0 Å². The Morgan fingerprint density at radius 3 is 2.73 bits per heavy atom. The van der Waals surface area contributed by atoms with Gasteiger partial charge in [-0.3, -0.25) is 4.98 Å². The average molecular weight is 151 g/mol. The lowest BCUT2D eigenvalue weighted by molar-refractivity contribution is 0.119. The van der Waals surface area contributed by atoms with Crippen LogP contribution in [-0.4, -0.2) is 12.1 Å². The van der Waals surface area contributed by atoms with Gasteiger partial charge in [0, 0.05) is 19.5 Å². The smallest absolute Gasteiger partial charge is 0.0807 e. The summed E-state index contributed by atoms with van der Waals surface area (Å²) in [6, 6.07) is 2.08. The van der Waals surface area contributed by atoms with Gasteiger partial charge in [0.1, 0.15) is 0 Å². The highest BCUT2D eigenvalue weighted by atomic mass is 16.5. The van der Waals surface area contributed by atoms with Crippen LogP contribution >= 0.6 is 0 Å². The lowest BCUT2D eigenvalue weighted by Crippen LogP contribution is -1.96. The van der Waals surface area contributed by atoms with Gasteiger partial charge in [-0.2, -0.15) is 0 Å². The summed E-state index contributed by atoms with van der Waals surface area (Å²) >= 11 is 0. The third-order valence-corrected chi connectivity index (χ3v) is 1.72. The van der Waals surface area contributed by atoms with Crippen LogP contribution in [0.25, 0.3) is 0 Å². The molecule has 1 aromatic rings. The molecule has 0 saturated heterocycles. The van der Waals surface area contributed by atoms with Crippen LogP contribution in [-0.2, 0) is 4.74 Å². The molecule has 0 amide bonds. The Bertz CT molecular complexity index is 235. The van der Waals surface area contributed by atoms with E-state index in [1.165, 1.54) is 5.56 Å². The number of pyridine rings is 1. The fourth-order valence-corrected chi connectivity index (χ4v) is 0.937. The van der Waals surface area contributed by atoms with Gasteiger partial charge in [0.05, 0.1) is 6.10 Å². The first-order valence-electron chi connectivity index (χ1n) is 3.68. The second-order valence-electron chi connectivity index (χ2n) is 2.67. The Kier molecular flexibility index (Phi) is 2.60. The van der Waals surface area contributed by atoms with E-state index in [0.29, 0.717) is 0 Å². The maximum absolute atomic E-state index is 5.15. The van der Waals surface area contributed by atoms with Gasteiger partial charge in [-0.25, -0.2) is 0 Å². The molecule has 60 valence electrons. The Balaban J connectivity index is 2.86. The molecule has 0 aliphatic heterocycles. The molecule has 1 aromatic heterocycles. The molecular weight excluding hydrogens is 138 g/mol. The van der Waals surface area contributed by atoms with E-state index in [1.807, 2.05) is 26.2 Å². The Morgan fingerprint density at radius 2 is 2.18 bits per heavy atom. The normalized spacial score (nSPS) is 13.0. The molecule has 1 unspecified atom stereocenters. The molecule has 11 heavy (non-hydrogen) atoms. The molecule has 1 heterocycles. The van der Waals surface area contributed by atoms with Crippen molar-refractivity contribution in [1.82, 2.24) is 4.98 Å². The molecule has 1 atom stereocenters. The number of ether oxygens (including phenoxy) is 1. The molecule has 0 bridgehead atoms. The SMILES string of the molecule is COC(C)c1cncc(C)c1. The van der Waals surface area contributed by atoms with E-state index >= 15 is 0 Å². The molecule has 2 nitrogen and oxygen atoms in total. The van der Waals surface area contributed by atoms with Crippen LogP contribution in [0.2, 0.25) is 0 Å². The van der Waals surface area contributed by atoms with Crippen molar-refractivity contribution in [2.75, 3.05) is 7.11 Å². The summed E-state index contributed by atoms with van der Waals surface area (Å²) in [5.41, 5.74) is 2.30. The predicted octanol–water partition coefficient (Wildman–Crippen LogP) is 2.10. The maximum atomic E-state index is 5.15. The molecular formula is C9H13NO. The summed E-state index contributed by atoms with van der Waals surface area (Å²) in [5, 5.41) is 0. The molecule has 0 spiro atoms. The summed E-state index contributed by atoms with van der Waals surface area (Å²) < 4.78 is 5.15. The first-order chi connectivity index (χ1) is 5.24. The zero-order chi connectivity index (χ0) is 8.27. The lowest BCUT2D eigenvalue weighted by Gasteiger charge is -2.08. The molecule has 0 aromatic carbocycles. The van der Waals surface area contributed by atoms with Crippen LogP contribution in [0.5, 0.6) is 0 Å². The van der Waals surface area contributed by atoms with E-state index in [4.69, 9.17) is 4.74 Å². The minimum atomic E-state index is 0.141. The van der Waals surface area contributed by atoms with Gasteiger partial charge >= 0.3 is 0 Å². The van der Waals surface area contributed by atoms with Crippen molar-refractivity contribution in [2.24, 2.45) is 0 Å². The van der Waals surface area contributed by atoms with Crippen molar-refractivity contribution in [3.05, 3.63) is 29.6 Å². The second kappa shape index (κ2) is 3.49. The van der Waals surface area contributed by atoms with Gasteiger partial charge in [-0.1, -0.05) is 6.07 Å². The number of methoxy groups -OCH3 is 1. The van der Waals surface area contributed by atoms with Gasteiger partial charge in [0.15, 0.2) is 0 Å². The zero-order valence-corrected chi connectivity index (χ0v) is 7.16. The van der Waals surface area contributed by atoms with Crippen molar-refractivity contribution in [3.8, 4) is 0 Å². The maximum Gasteiger partial charge on any atom is 0.0807 e. The molecule has 0 saturated carbocycles. The Labute approximate surface area is 67.2 Å². The molecule has 0 aliphatic rings. The van der Waals surface area contributed by atoms with Crippen molar-refractivity contribution < 1.29 is 4.74 Å². The van der Waals surface area contributed by atoms with Crippen LogP contribution in [0, 0.1) is 6.92 Å². The minimum Gasteiger partial charge on any atom is -0.377 e. The van der Waals surface area contributed by atoms with Crippen LogP contribution in [0.1, 0.15) is 24.2 Å². The van der Waals surface area contributed by atoms with Gasteiger partial charge < -0.3 is 4.74 Å². The predicted molar refractivity (Wildman–Crippen MR) is 44.4 cm³/mol. The Morgan fingerprint density at radius 1 is 1.45 bits per heavy atom. The summed E-state index contributed by atoms with van der Waals surface area (Å²) in [7, 11) is 1.70. The molecule has 0 aliphatic carbocycles. The molecule has 2 heteroatoms. The first-order valence-corrected chi connectivity index (χ1v) is 3.68. The van der Waals surface area contributed by atoms with Gasteiger partial charge in [-0.15, -0.1) is 0 Å². The highest BCUT2D eigenvalue weighted by molar-refractivity contribution is 5.18. The number of hydrogen-bond acceptors (Lipinski definition) is 2. The zero-order valence-electron chi connectivity index (χ0n) is 7.16. The van der Waals surface area contributed by atoms with E-state index in [9.17, 15) is 0 Å². The topological polar surface area (TPSA) is 22.1 Å². The van der Waals surface area contributed by atoms with E-state index in [2.05, 4.69) is 11.1 Å². The van der Waals surface area contributed by atoms with Crippen molar-refractivity contribution in [1.29, 1.82) is 0 Å². The van der Waals surface area contributed by atoms with Crippen molar-refractivity contribution >= 4 is 0 Å². The molecule has 0 radical (unpaired) electrons. The molecule has 1 rings (SSSR count). The van der Waals surface area contributed by atoms with E-state index in [-0.39, 0.29) is 6.10 Å².